The molecule has 2 amide bonds. The fraction of sp³-hybridized carbons (Fsp3) is 0.364. The van der Waals surface area contributed by atoms with Crippen LogP contribution in [0.1, 0.15) is 44.0 Å². The summed E-state index contributed by atoms with van der Waals surface area (Å²) in [5.41, 5.74) is 0.883. The van der Waals surface area contributed by atoms with Gasteiger partial charge >= 0.3 is 0 Å². The summed E-state index contributed by atoms with van der Waals surface area (Å²) in [4.78, 5) is 25.3. The Bertz CT molecular complexity index is 807. The highest BCUT2D eigenvalue weighted by atomic mass is 16.5. The number of carbonyl (C=O) groups excluding carboxylic acids is 2. The molecule has 0 saturated heterocycles. The summed E-state index contributed by atoms with van der Waals surface area (Å²) >= 11 is 0. The fourth-order valence-electron chi connectivity index (χ4n) is 2.57. The molecule has 0 aliphatic carbocycles. The first-order valence-electron chi connectivity index (χ1n) is 9.49. The van der Waals surface area contributed by atoms with Gasteiger partial charge in [0.2, 0.25) is 0 Å². The van der Waals surface area contributed by atoms with Gasteiger partial charge in [-0.1, -0.05) is 32.0 Å². The van der Waals surface area contributed by atoms with E-state index in [1.807, 2.05) is 20.8 Å². The summed E-state index contributed by atoms with van der Waals surface area (Å²) in [7, 11) is 1.57. The normalized spacial score (nSPS) is 12.6. The summed E-state index contributed by atoms with van der Waals surface area (Å²) in [5.74, 6) is 0.671. The Kier molecular flexibility index (Phi) is 7.87. The summed E-state index contributed by atoms with van der Waals surface area (Å²) in [6.07, 6.45) is 0.606. The minimum Gasteiger partial charge on any atom is -0.497 e. The average Bonchev–Trinajstić information content (AvgIpc) is 2.72. The largest absolute Gasteiger partial charge is 0.497 e. The van der Waals surface area contributed by atoms with Crippen molar-refractivity contribution in [3.63, 3.8) is 0 Å². The summed E-state index contributed by atoms with van der Waals surface area (Å²) < 4.78 is 11.0. The second-order valence-electron chi connectivity index (χ2n) is 6.51. The van der Waals surface area contributed by atoms with Crippen LogP contribution in [0.15, 0.2) is 48.5 Å². The summed E-state index contributed by atoms with van der Waals surface area (Å²) in [5, 5.41) is 5.75. The second kappa shape index (κ2) is 10.3. The van der Waals surface area contributed by atoms with Gasteiger partial charge in [0, 0.05) is 12.1 Å². The van der Waals surface area contributed by atoms with Gasteiger partial charge in [-0.15, -0.1) is 0 Å². The van der Waals surface area contributed by atoms with E-state index in [0.717, 1.165) is 6.42 Å². The van der Waals surface area contributed by atoms with Gasteiger partial charge in [-0.05, 0) is 44.0 Å². The van der Waals surface area contributed by atoms with E-state index in [4.69, 9.17) is 9.47 Å². The van der Waals surface area contributed by atoms with Crippen molar-refractivity contribution < 1.29 is 19.1 Å². The van der Waals surface area contributed by atoms with Gasteiger partial charge in [0.15, 0.2) is 6.10 Å². The van der Waals surface area contributed by atoms with Gasteiger partial charge in [0.25, 0.3) is 11.8 Å². The Balaban J connectivity index is 2.13. The number of benzene rings is 2. The maximum absolute atomic E-state index is 12.8. The van der Waals surface area contributed by atoms with Crippen LogP contribution in [-0.4, -0.2) is 31.1 Å². The smallest absolute Gasteiger partial charge is 0.265 e. The van der Waals surface area contributed by atoms with Gasteiger partial charge in [-0.25, -0.2) is 0 Å². The molecule has 6 heteroatoms. The highest BCUT2D eigenvalue weighted by Crippen LogP contribution is 2.22. The van der Waals surface area contributed by atoms with E-state index in [-0.39, 0.29) is 17.9 Å². The van der Waals surface area contributed by atoms with Crippen molar-refractivity contribution in [3.8, 4) is 11.5 Å². The van der Waals surface area contributed by atoms with Crippen molar-refractivity contribution in [1.82, 2.24) is 5.32 Å². The lowest BCUT2D eigenvalue weighted by Gasteiger charge is -2.19. The number of nitrogens with one attached hydrogen (secondary N) is 2. The first kappa shape index (κ1) is 21.3. The molecule has 6 nitrogen and oxygen atoms in total. The number of rotatable bonds is 9. The van der Waals surface area contributed by atoms with Crippen molar-refractivity contribution in [2.75, 3.05) is 12.4 Å². The summed E-state index contributed by atoms with van der Waals surface area (Å²) in [6, 6.07) is 14.1. The Hall–Kier alpha value is -3.02. The second-order valence-corrected chi connectivity index (χ2v) is 6.51. The maximum Gasteiger partial charge on any atom is 0.265 e. The lowest BCUT2D eigenvalue weighted by Crippen LogP contribution is -2.35. The molecule has 0 aliphatic rings. The predicted molar refractivity (Wildman–Crippen MR) is 110 cm³/mol. The summed E-state index contributed by atoms with van der Waals surface area (Å²) in [6.45, 7) is 5.81. The van der Waals surface area contributed by atoms with E-state index in [1.165, 1.54) is 0 Å². The van der Waals surface area contributed by atoms with E-state index in [2.05, 4.69) is 10.6 Å². The van der Waals surface area contributed by atoms with E-state index in [0.29, 0.717) is 29.2 Å². The van der Waals surface area contributed by atoms with Crippen molar-refractivity contribution in [3.05, 3.63) is 54.1 Å². The Morgan fingerprint density at radius 3 is 2.39 bits per heavy atom. The number of hydrogen-bond donors (Lipinski definition) is 2. The van der Waals surface area contributed by atoms with Gasteiger partial charge in [-0.2, -0.15) is 0 Å². The fourth-order valence-corrected chi connectivity index (χ4v) is 2.57. The minimum absolute atomic E-state index is 0.0519. The van der Waals surface area contributed by atoms with Crippen molar-refractivity contribution in [1.29, 1.82) is 0 Å². The van der Waals surface area contributed by atoms with Gasteiger partial charge in [0.05, 0.1) is 18.4 Å². The SMILES string of the molecule is CC[C@H](C)NC(=O)c1ccccc1NC(=O)[C@@H](CC)Oc1cccc(OC)c1. The van der Waals surface area contributed by atoms with E-state index in [1.54, 1.807) is 55.6 Å². The molecule has 150 valence electrons. The van der Waals surface area contributed by atoms with Crippen LogP contribution in [-0.2, 0) is 4.79 Å². The molecule has 2 N–H and O–H groups in total. The minimum atomic E-state index is -0.696. The lowest BCUT2D eigenvalue weighted by molar-refractivity contribution is -0.122. The zero-order valence-electron chi connectivity index (χ0n) is 16.8. The van der Waals surface area contributed by atoms with Gasteiger partial charge in [-0.3, -0.25) is 9.59 Å². The number of para-hydroxylation sites is 1. The zero-order chi connectivity index (χ0) is 20.5. The van der Waals surface area contributed by atoms with Crippen molar-refractivity contribution in [2.24, 2.45) is 0 Å². The van der Waals surface area contributed by atoms with Crippen molar-refractivity contribution in [2.45, 2.75) is 45.8 Å². The zero-order valence-corrected chi connectivity index (χ0v) is 16.8. The van der Waals surface area contributed by atoms with Crippen LogP contribution in [0.3, 0.4) is 0 Å². The quantitative estimate of drug-likeness (QED) is 0.685. The van der Waals surface area contributed by atoms with E-state index < -0.39 is 6.10 Å². The third-order valence-electron chi connectivity index (χ3n) is 4.40. The van der Waals surface area contributed by atoms with E-state index >= 15 is 0 Å². The monoisotopic (exact) mass is 384 g/mol. The van der Waals surface area contributed by atoms with Crippen LogP contribution in [0.25, 0.3) is 0 Å². The third kappa shape index (κ3) is 5.74. The molecular formula is C22H28N2O4. The van der Waals surface area contributed by atoms with Crippen LogP contribution in [0.4, 0.5) is 5.69 Å². The molecule has 0 bridgehead atoms. The molecule has 0 aliphatic heterocycles. The van der Waals surface area contributed by atoms with Crippen LogP contribution in [0.5, 0.6) is 11.5 Å². The van der Waals surface area contributed by atoms with Crippen LogP contribution >= 0.6 is 0 Å². The molecule has 0 saturated carbocycles. The molecule has 0 spiro atoms. The maximum atomic E-state index is 12.8. The average molecular weight is 384 g/mol. The topological polar surface area (TPSA) is 76.7 Å². The Morgan fingerprint density at radius 2 is 1.71 bits per heavy atom. The number of ether oxygens (including phenoxy) is 2. The molecular weight excluding hydrogens is 356 g/mol. The molecule has 2 aromatic rings. The van der Waals surface area contributed by atoms with Gasteiger partial charge < -0.3 is 20.1 Å². The number of amides is 2. The molecule has 2 rings (SSSR count). The number of methoxy groups -OCH3 is 1. The highest BCUT2D eigenvalue weighted by molar-refractivity contribution is 6.04. The number of hydrogen-bond acceptors (Lipinski definition) is 4. The van der Waals surface area contributed by atoms with Crippen LogP contribution in [0.2, 0.25) is 0 Å². The van der Waals surface area contributed by atoms with Crippen molar-refractivity contribution >= 4 is 17.5 Å². The predicted octanol–water partition coefficient (Wildman–Crippen LogP) is 4.02. The molecule has 28 heavy (non-hydrogen) atoms. The molecule has 0 fully saturated rings. The van der Waals surface area contributed by atoms with E-state index in [9.17, 15) is 9.59 Å². The molecule has 2 atom stereocenters. The molecule has 2 aromatic carbocycles. The molecule has 0 radical (unpaired) electrons. The Morgan fingerprint density at radius 1 is 1.00 bits per heavy atom. The first-order valence-corrected chi connectivity index (χ1v) is 9.49. The van der Waals surface area contributed by atoms with Gasteiger partial charge in [0.1, 0.15) is 11.5 Å². The van der Waals surface area contributed by atoms with Crippen LogP contribution in [0, 0.1) is 0 Å². The molecule has 0 aromatic heterocycles. The lowest BCUT2D eigenvalue weighted by atomic mass is 10.1. The number of anilines is 1. The highest BCUT2D eigenvalue weighted by Gasteiger charge is 2.21. The first-order chi connectivity index (χ1) is 13.5. The van der Waals surface area contributed by atoms with Crippen LogP contribution < -0.4 is 20.1 Å². The number of carbonyl (C=O) groups is 2. The standard InChI is InChI=1S/C22H28N2O4/c1-5-15(3)23-21(25)18-12-7-8-13-19(18)24-22(26)20(6-2)28-17-11-9-10-16(14-17)27-4/h7-15,20H,5-6H2,1-4H3,(H,23,25)(H,24,26)/t15-,20+/m0/s1. The third-order valence-corrected chi connectivity index (χ3v) is 4.40. The molecule has 0 unspecified atom stereocenters. The Labute approximate surface area is 166 Å². The molecule has 0 heterocycles.